The number of anilines is 2. The SMILES string of the molecule is O=C(/C=C/c1ccc(-c2ccc(Cl)cc2Cl)o1)NC(=S)Nc1ccc(NC(=O)c2ccco2)cc1. The number of amides is 2. The molecule has 3 N–H and O–H groups in total. The van der Waals surface area contributed by atoms with Gasteiger partial charge in [0.15, 0.2) is 10.9 Å². The van der Waals surface area contributed by atoms with E-state index in [1.807, 2.05) is 0 Å². The van der Waals surface area contributed by atoms with E-state index in [0.29, 0.717) is 38.5 Å². The Morgan fingerprint density at radius 1 is 0.914 bits per heavy atom. The van der Waals surface area contributed by atoms with Gasteiger partial charge in [0.25, 0.3) is 5.91 Å². The maximum Gasteiger partial charge on any atom is 0.291 e. The lowest BCUT2D eigenvalue weighted by molar-refractivity contribution is -0.115. The summed E-state index contributed by atoms with van der Waals surface area (Å²) in [6.07, 6.45) is 4.24. The molecule has 0 saturated heterocycles. The summed E-state index contributed by atoms with van der Waals surface area (Å²) in [4.78, 5) is 24.2. The fraction of sp³-hybridized carbons (Fsp3) is 0. The Morgan fingerprint density at radius 3 is 2.34 bits per heavy atom. The molecule has 0 radical (unpaired) electrons. The van der Waals surface area contributed by atoms with Crippen LogP contribution in [0.5, 0.6) is 0 Å². The summed E-state index contributed by atoms with van der Waals surface area (Å²) in [7, 11) is 0. The number of nitrogens with one attached hydrogen (secondary N) is 3. The molecule has 2 aromatic carbocycles. The molecule has 0 aliphatic heterocycles. The van der Waals surface area contributed by atoms with E-state index in [9.17, 15) is 9.59 Å². The van der Waals surface area contributed by atoms with Crippen molar-refractivity contribution in [2.24, 2.45) is 0 Å². The number of hydrogen-bond donors (Lipinski definition) is 3. The zero-order valence-corrected chi connectivity index (χ0v) is 20.2. The Labute approximate surface area is 215 Å². The number of hydrogen-bond acceptors (Lipinski definition) is 5. The molecule has 10 heteroatoms. The van der Waals surface area contributed by atoms with Crippen molar-refractivity contribution >= 4 is 69.8 Å². The van der Waals surface area contributed by atoms with Crippen LogP contribution >= 0.6 is 35.4 Å². The second kappa shape index (κ2) is 11.1. The average molecular weight is 526 g/mol. The van der Waals surface area contributed by atoms with Gasteiger partial charge in [-0.2, -0.15) is 0 Å². The summed E-state index contributed by atoms with van der Waals surface area (Å²) < 4.78 is 10.8. The lowest BCUT2D eigenvalue weighted by Gasteiger charge is -2.09. The Hall–Kier alpha value is -3.85. The molecule has 176 valence electrons. The van der Waals surface area contributed by atoms with Crippen LogP contribution in [0.15, 0.2) is 87.9 Å². The van der Waals surface area contributed by atoms with Crippen molar-refractivity contribution in [2.45, 2.75) is 0 Å². The molecule has 0 saturated carbocycles. The minimum atomic E-state index is -0.438. The van der Waals surface area contributed by atoms with Crippen molar-refractivity contribution < 1.29 is 18.4 Å². The summed E-state index contributed by atoms with van der Waals surface area (Å²) in [5, 5.41) is 9.27. The molecule has 0 unspecified atom stereocenters. The molecular formula is C25H17Cl2N3O4S. The lowest BCUT2D eigenvalue weighted by atomic mass is 10.2. The van der Waals surface area contributed by atoms with Gasteiger partial charge in [-0.25, -0.2) is 0 Å². The molecule has 2 amide bonds. The Bertz CT molecular complexity index is 1400. The highest BCUT2D eigenvalue weighted by atomic mass is 35.5. The predicted octanol–water partition coefficient (Wildman–Crippen LogP) is 6.63. The van der Waals surface area contributed by atoms with Crippen LogP contribution in [-0.4, -0.2) is 16.9 Å². The van der Waals surface area contributed by atoms with Gasteiger partial charge >= 0.3 is 0 Å². The minimum absolute atomic E-state index is 0.111. The first kappa shape index (κ1) is 24.3. The maximum atomic E-state index is 12.2. The molecular weight excluding hydrogens is 509 g/mol. The fourth-order valence-electron chi connectivity index (χ4n) is 2.99. The first-order chi connectivity index (χ1) is 16.9. The highest BCUT2D eigenvalue weighted by Crippen LogP contribution is 2.31. The molecule has 0 bridgehead atoms. The Kier molecular flexibility index (Phi) is 7.67. The Balaban J connectivity index is 1.28. The summed E-state index contributed by atoms with van der Waals surface area (Å²) in [5.41, 5.74) is 1.90. The summed E-state index contributed by atoms with van der Waals surface area (Å²) >= 11 is 17.3. The van der Waals surface area contributed by atoms with Crippen LogP contribution in [0, 0.1) is 0 Å². The first-order valence-corrected chi connectivity index (χ1v) is 11.3. The zero-order valence-electron chi connectivity index (χ0n) is 17.9. The van der Waals surface area contributed by atoms with E-state index in [2.05, 4.69) is 16.0 Å². The molecule has 0 atom stereocenters. The van der Waals surface area contributed by atoms with E-state index in [1.165, 1.54) is 18.4 Å². The van der Waals surface area contributed by atoms with Gasteiger partial charge in [-0.05, 0) is 85.0 Å². The molecule has 2 heterocycles. The number of thiocarbonyl (C=S) groups is 1. The average Bonchev–Trinajstić information content (AvgIpc) is 3.52. The van der Waals surface area contributed by atoms with Crippen molar-refractivity contribution in [2.75, 3.05) is 10.6 Å². The van der Waals surface area contributed by atoms with E-state index < -0.39 is 5.91 Å². The van der Waals surface area contributed by atoms with Crippen LogP contribution in [0.4, 0.5) is 11.4 Å². The van der Waals surface area contributed by atoms with E-state index in [4.69, 9.17) is 44.3 Å². The second-order valence-electron chi connectivity index (χ2n) is 7.11. The maximum absolute atomic E-state index is 12.2. The van der Waals surface area contributed by atoms with Gasteiger partial charge in [0.05, 0.1) is 11.3 Å². The number of carbonyl (C=O) groups is 2. The molecule has 4 rings (SSSR count). The van der Waals surface area contributed by atoms with Gasteiger partial charge < -0.3 is 19.5 Å². The summed E-state index contributed by atoms with van der Waals surface area (Å²) in [6, 6.07) is 18.6. The van der Waals surface area contributed by atoms with Gasteiger partial charge in [0, 0.05) is 28.0 Å². The third kappa shape index (κ3) is 6.60. The van der Waals surface area contributed by atoms with Gasteiger partial charge in [-0.15, -0.1) is 0 Å². The molecule has 0 spiro atoms. The van der Waals surface area contributed by atoms with Gasteiger partial charge in [0.1, 0.15) is 11.5 Å². The molecule has 0 aliphatic rings. The summed E-state index contributed by atoms with van der Waals surface area (Å²) in [6.45, 7) is 0. The largest absolute Gasteiger partial charge is 0.459 e. The van der Waals surface area contributed by atoms with Crippen LogP contribution < -0.4 is 16.0 Å². The van der Waals surface area contributed by atoms with Gasteiger partial charge in [-0.3, -0.25) is 14.9 Å². The predicted molar refractivity (Wildman–Crippen MR) is 141 cm³/mol. The molecule has 4 aromatic rings. The second-order valence-corrected chi connectivity index (χ2v) is 8.36. The zero-order chi connectivity index (χ0) is 24.8. The van der Waals surface area contributed by atoms with Crippen molar-refractivity contribution in [3.63, 3.8) is 0 Å². The molecule has 0 fully saturated rings. The topological polar surface area (TPSA) is 96.5 Å². The molecule has 7 nitrogen and oxygen atoms in total. The fourth-order valence-corrected chi connectivity index (χ4v) is 3.71. The monoisotopic (exact) mass is 525 g/mol. The van der Waals surface area contributed by atoms with Crippen LogP contribution in [-0.2, 0) is 4.79 Å². The quantitative estimate of drug-likeness (QED) is 0.193. The number of carbonyl (C=O) groups excluding carboxylic acids is 2. The van der Waals surface area contributed by atoms with Gasteiger partial charge in [-0.1, -0.05) is 23.2 Å². The number of furan rings is 2. The first-order valence-electron chi connectivity index (χ1n) is 10.2. The lowest BCUT2D eigenvalue weighted by Crippen LogP contribution is -2.32. The van der Waals surface area contributed by atoms with Crippen molar-refractivity contribution in [3.8, 4) is 11.3 Å². The number of rotatable bonds is 6. The number of halogens is 2. The van der Waals surface area contributed by atoms with Crippen molar-refractivity contribution in [3.05, 3.63) is 101 Å². The van der Waals surface area contributed by atoms with Crippen LogP contribution in [0.1, 0.15) is 16.3 Å². The van der Waals surface area contributed by atoms with Crippen molar-refractivity contribution in [1.29, 1.82) is 0 Å². The minimum Gasteiger partial charge on any atom is -0.459 e. The molecule has 35 heavy (non-hydrogen) atoms. The van der Waals surface area contributed by atoms with Crippen LogP contribution in [0.3, 0.4) is 0 Å². The normalized spacial score (nSPS) is 10.8. The van der Waals surface area contributed by atoms with E-state index in [1.54, 1.807) is 66.7 Å². The van der Waals surface area contributed by atoms with Gasteiger partial charge in [0.2, 0.25) is 5.91 Å². The molecule has 2 aromatic heterocycles. The summed E-state index contributed by atoms with van der Waals surface area (Å²) in [5.74, 6) is 0.432. The third-order valence-corrected chi connectivity index (χ3v) is 5.36. The smallest absolute Gasteiger partial charge is 0.291 e. The Morgan fingerprint density at radius 2 is 1.66 bits per heavy atom. The van der Waals surface area contributed by atoms with Crippen LogP contribution in [0.2, 0.25) is 10.0 Å². The standard InChI is InChI=1S/C25H17Cl2N3O4S/c26-15-3-10-19(20(27)14-15)21-11-8-18(34-21)9-12-23(31)30-25(35)29-17-6-4-16(5-7-17)28-24(32)22-2-1-13-33-22/h1-14H,(H,28,32)(H2,29,30,31,35)/b12-9+. The van der Waals surface area contributed by atoms with E-state index in [0.717, 1.165) is 0 Å². The third-order valence-electron chi connectivity index (χ3n) is 4.60. The highest BCUT2D eigenvalue weighted by molar-refractivity contribution is 7.80. The van der Waals surface area contributed by atoms with Crippen LogP contribution in [0.25, 0.3) is 17.4 Å². The highest BCUT2D eigenvalue weighted by Gasteiger charge is 2.10. The van der Waals surface area contributed by atoms with E-state index >= 15 is 0 Å². The molecule has 0 aliphatic carbocycles. The van der Waals surface area contributed by atoms with E-state index in [-0.39, 0.29) is 16.8 Å². The van der Waals surface area contributed by atoms with Crippen molar-refractivity contribution in [1.82, 2.24) is 5.32 Å². The number of benzene rings is 2.